The Balaban J connectivity index is 1.45. The molecule has 4 aromatic carbocycles. The Morgan fingerprint density at radius 2 is 1.09 bits per heavy atom. The molecule has 0 bridgehead atoms. The molecule has 0 saturated heterocycles. The Morgan fingerprint density at radius 3 is 1.57 bits per heavy atom. The molecule has 0 fully saturated rings. The maximum Gasteiger partial charge on any atom is 0.573 e. The second-order valence-corrected chi connectivity index (χ2v) is 9.44. The topological polar surface area (TPSA) is 18.5 Å². The minimum absolute atomic E-state index is 0.0109. The smallest absolute Gasteiger partial charge is 0.429 e. The van der Waals surface area contributed by atoms with Gasteiger partial charge < -0.3 is 9.47 Å². The van der Waals surface area contributed by atoms with Gasteiger partial charge in [-0.25, -0.2) is 26.3 Å². The van der Waals surface area contributed by atoms with Crippen molar-refractivity contribution < 1.29 is 57.8 Å². The normalized spacial score (nSPS) is 12.6. The molecule has 232 valence electrons. The first-order valence-corrected chi connectivity index (χ1v) is 12.6. The van der Waals surface area contributed by atoms with Crippen molar-refractivity contribution in [3.05, 3.63) is 124 Å². The van der Waals surface area contributed by atoms with Crippen molar-refractivity contribution >= 4 is 5.83 Å². The van der Waals surface area contributed by atoms with Crippen LogP contribution < -0.4 is 9.47 Å². The van der Waals surface area contributed by atoms with E-state index in [9.17, 15) is 48.3 Å². The molecule has 0 aliphatic heterocycles. The maximum atomic E-state index is 14.7. The molecule has 44 heavy (non-hydrogen) atoms. The molecule has 0 N–H and O–H groups in total. The number of hydrogen-bond donors (Lipinski definition) is 0. The predicted octanol–water partition coefficient (Wildman–Crippen LogP) is 10.3. The fourth-order valence-corrected chi connectivity index (χ4v) is 4.22. The lowest BCUT2D eigenvalue weighted by Gasteiger charge is -2.20. The molecular weight excluding hydrogens is 613 g/mol. The lowest BCUT2D eigenvalue weighted by Crippen LogP contribution is -2.26. The van der Waals surface area contributed by atoms with Crippen molar-refractivity contribution in [2.75, 3.05) is 0 Å². The molecule has 0 amide bonds. The first-order valence-electron chi connectivity index (χ1n) is 12.6. The van der Waals surface area contributed by atoms with Gasteiger partial charge in [-0.1, -0.05) is 48.5 Å². The summed E-state index contributed by atoms with van der Waals surface area (Å²) in [6.07, 6.45) is -10.1. The Kier molecular flexibility index (Phi) is 9.26. The lowest BCUT2D eigenvalue weighted by molar-refractivity contribution is -0.276. The highest BCUT2D eigenvalue weighted by Crippen LogP contribution is 2.38. The molecule has 0 atom stereocenters. The summed E-state index contributed by atoms with van der Waals surface area (Å²) in [6, 6.07) is 14.0. The molecular formula is C31H19F11O2. The number of hydrogen-bond acceptors (Lipinski definition) is 2. The number of halogens is 11. The van der Waals surface area contributed by atoms with Crippen molar-refractivity contribution in [1.29, 1.82) is 0 Å². The van der Waals surface area contributed by atoms with E-state index in [1.807, 2.05) is 0 Å². The number of benzene rings is 4. The van der Waals surface area contributed by atoms with E-state index in [1.54, 1.807) is 36.4 Å². The van der Waals surface area contributed by atoms with Gasteiger partial charge in [-0.2, -0.15) is 8.78 Å². The summed E-state index contributed by atoms with van der Waals surface area (Å²) in [5.74, 6) is -12.8. The van der Waals surface area contributed by atoms with Crippen LogP contribution in [0.2, 0.25) is 0 Å². The number of allylic oxidation sites excluding steroid dienone is 1. The quantitative estimate of drug-likeness (QED) is 0.171. The molecule has 0 aliphatic rings. The Morgan fingerprint density at radius 1 is 0.614 bits per heavy atom. The highest BCUT2D eigenvalue weighted by Gasteiger charge is 2.42. The van der Waals surface area contributed by atoms with Crippen LogP contribution in [0, 0.1) is 23.3 Å². The molecule has 2 nitrogen and oxygen atoms in total. The van der Waals surface area contributed by atoms with Crippen molar-refractivity contribution in [3.8, 4) is 22.6 Å². The lowest BCUT2D eigenvalue weighted by atomic mass is 9.98. The van der Waals surface area contributed by atoms with E-state index in [4.69, 9.17) is 0 Å². The van der Waals surface area contributed by atoms with E-state index in [0.717, 1.165) is 12.5 Å². The molecule has 13 heteroatoms. The first kappa shape index (κ1) is 32.4. The Hall–Kier alpha value is -4.55. The third-order valence-corrected chi connectivity index (χ3v) is 6.26. The number of alkyl halides is 5. The molecule has 4 rings (SSSR count). The summed E-state index contributed by atoms with van der Waals surface area (Å²) < 4.78 is 157. The van der Waals surface area contributed by atoms with Crippen LogP contribution in [0.5, 0.6) is 11.5 Å². The van der Waals surface area contributed by atoms with Gasteiger partial charge in [0.25, 0.3) is 0 Å². The molecule has 0 aromatic heterocycles. The van der Waals surface area contributed by atoms with E-state index in [0.29, 0.717) is 23.3 Å². The van der Waals surface area contributed by atoms with Crippen LogP contribution in [0.4, 0.5) is 48.3 Å². The molecule has 0 saturated carbocycles. The van der Waals surface area contributed by atoms with Crippen LogP contribution in [-0.4, -0.2) is 6.36 Å². The van der Waals surface area contributed by atoms with Crippen LogP contribution in [-0.2, 0) is 19.0 Å². The van der Waals surface area contributed by atoms with Gasteiger partial charge in [0.1, 0.15) is 28.8 Å². The van der Waals surface area contributed by atoms with Gasteiger partial charge in [0.15, 0.2) is 17.5 Å². The van der Waals surface area contributed by atoms with Crippen molar-refractivity contribution in [2.45, 2.75) is 32.2 Å². The fraction of sp³-hybridized carbons (Fsp3) is 0.161. The fourth-order valence-electron chi connectivity index (χ4n) is 4.22. The summed E-state index contributed by atoms with van der Waals surface area (Å²) in [7, 11) is 0. The van der Waals surface area contributed by atoms with E-state index >= 15 is 0 Å². The van der Waals surface area contributed by atoms with Gasteiger partial charge >= 0.3 is 12.5 Å². The third-order valence-electron chi connectivity index (χ3n) is 6.26. The Bertz CT molecular complexity index is 1630. The van der Waals surface area contributed by atoms with E-state index < -0.39 is 64.5 Å². The summed E-state index contributed by atoms with van der Waals surface area (Å²) in [6.45, 7) is 1.00. The standard InChI is InChI=1S/C31H19F11O2/c1-16(32)28(37)21-10-8-20(9-11-21)19-6-4-17(5-7-19)2-3-18-12-23(33)27(24(34)13-18)30(38,39)43-22-14-25(35)29(26(36)15-22)44-31(40,41)42/h4-15H,2-3H2,1H3. The van der Waals surface area contributed by atoms with E-state index in [-0.39, 0.29) is 36.1 Å². The summed E-state index contributed by atoms with van der Waals surface area (Å²) in [5, 5.41) is 0. The van der Waals surface area contributed by atoms with Gasteiger partial charge in [-0.3, -0.25) is 0 Å². The summed E-state index contributed by atoms with van der Waals surface area (Å²) in [5.41, 5.74) is 0.356. The van der Waals surface area contributed by atoms with Crippen LogP contribution in [0.3, 0.4) is 0 Å². The van der Waals surface area contributed by atoms with Gasteiger partial charge in [-0.05, 0) is 54.2 Å². The molecule has 0 radical (unpaired) electrons. The Labute approximate surface area is 243 Å². The van der Waals surface area contributed by atoms with Crippen LogP contribution >= 0.6 is 0 Å². The highest BCUT2D eigenvalue weighted by atomic mass is 19.4. The van der Waals surface area contributed by atoms with Gasteiger partial charge in [0, 0.05) is 17.7 Å². The largest absolute Gasteiger partial charge is 0.573 e. The zero-order valence-electron chi connectivity index (χ0n) is 22.3. The molecule has 0 spiro atoms. The number of rotatable bonds is 9. The van der Waals surface area contributed by atoms with E-state index in [1.165, 1.54) is 12.1 Å². The second kappa shape index (κ2) is 12.6. The maximum absolute atomic E-state index is 14.7. The average Bonchev–Trinajstić information content (AvgIpc) is 2.92. The first-order chi connectivity index (χ1) is 20.5. The van der Waals surface area contributed by atoms with E-state index in [2.05, 4.69) is 9.47 Å². The second-order valence-electron chi connectivity index (χ2n) is 9.44. The number of aryl methyl sites for hydroxylation is 2. The minimum Gasteiger partial charge on any atom is -0.429 e. The predicted molar refractivity (Wildman–Crippen MR) is 138 cm³/mol. The van der Waals surface area contributed by atoms with Crippen molar-refractivity contribution in [2.24, 2.45) is 0 Å². The summed E-state index contributed by atoms with van der Waals surface area (Å²) >= 11 is 0. The molecule has 0 heterocycles. The minimum atomic E-state index is -5.49. The molecule has 0 unspecified atom stereocenters. The van der Waals surface area contributed by atoms with Gasteiger partial charge in [0.2, 0.25) is 5.75 Å². The zero-order chi connectivity index (χ0) is 32.4. The van der Waals surface area contributed by atoms with Crippen LogP contribution in [0.1, 0.15) is 29.2 Å². The van der Waals surface area contributed by atoms with Crippen molar-refractivity contribution in [3.63, 3.8) is 0 Å². The van der Waals surface area contributed by atoms with Crippen LogP contribution in [0.25, 0.3) is 17.0 Å². The zero-order valence-corrected chi connectivity index (χ0v) is 22.3. The van der Waals surface area contributed by atoms with Gasteiger partial charge in [0.05, 0.1) is 0 Å². The average molecular weight is 632 g/mol. The number of ether oxygens (including phenoxy) is 2. The molecule has 0 aliphatic carbocycles. The van der Waals surface area contributed by atoms with Crippen LogP contribution in [0.15, 0.2) is 78.6 Å². The SMILES string of the molecule is CC(F)=C(F)c1ccc(-c2ccc(CCc3cc(F)c(C(F)(F)Oc4cc(F)c(OC(F)(F)F)c(F)c4)c(F)c3)cc2)cc1. The highest BCUT2D eigenvalue weighted by molar-refractivity contribution is 5.68. The monoisotopic (exact) mass is 632 g/mol. The molecule has 4 aromatic rings. The van der Waals surface area contributed by atoms with Gasteiger partial charge in [-0.15, -0.1) is 13.2 Å². The van der Waals surface area contributed by atoms with Crippen molar-refractivity contribution in [1.82, 2.24) is 0 Å². The third kappa shape index (κ3) is 7.69. The summed E-state index contributed by atoms with van der Waals surface area (Å²) in [4.78, 5) is 0.